The Hall–Kier alpha value is -1.50. The summed E-state index contributed by atoms with van der Waals surface area (Å²) < 4.78 is 3.39. The summed E-state index contributed by atoms with van der Waals surface area (Å²) in [4.78, 5) is 0. The molecule has 0 fully saturated rings. The van der Waals surface area contributed by atoms with E-state index in [2.05, 4.69) is 78.4 Å². The average molecular weight is 418 g/mol. The Kier molecular flexibility index (Phi) is 3.99. The van der Waals surface area contributed by atoms with Crippen LogP contribution in [0, 0.1) is 5.92 Å². The predicted octanol–water partition coefficient (Wildman–Crippen LogP) is 5.64. The molecule has 1 unspecified atom stereocenters. The van der Waals surface area contributed by atoms with Gasteiger partial charge in [0.15, 0.2) is 0 Å². The minimum absolute atomic E-state index is 0.598. The van der Waals surface area contributed by atoms with Crippen LogP contribution in [0.2, 0.25) is 0 Å². The number of thiophene rings is 1. The van der Waals surface area contributed by atoms with Crippen molar-refractivity contribution in [3.05, 3.63) is 91.4 Å². The van der Waals surface area contributed by atoms with Crippen molar-refractivity contribution in [2.24, 2.45) is 5.92 Å². The van der Waals surface area contributed by atoms with Crippen LogP contribution in [0.4, 0.5) is 0 Å². The standard InChI is InChI=1S/C13H9.C10H9S.Zr/c1-3-7-12-10(5-1)9-11-6-2-4-8-13(11)12;1-8-2-3-9(6-8)10-4-5-11-7-10;/h1-5,7-8H,9H2;2-5,7-8H,1H3;. The van der Waals surface area contributed by atoms with Gasteiger partial charge in [-0.3, -0.25) is 0 Å². The van der Waals surface area contributed by atoms with E-state index in [1.807, 2.05) is 0 Å². The second-order valence-corrected chi connectivity index (χ2v) is 10.8. The van der Waals surface area contributed by atoms with E-state index in [0.29, 0.717) is 5.92 Å². The van der Waals surface area contributed by atoms with E-state index in [4.69, 9.17) is 0 Å². The molecule has 0 radical (unpaired) electrons. The van der Waals surface area contributed by atoms with Crippen LogP contribution in [-0.4, -0.2) is 0 Å². The molecule has 2 aliphatic rings. The summed E-state index contributed by atoms with van der Waals surface area (Å²) in [7, 11) is 0. The van der Waals surface area contributed by atoms with E-state index in [1.165, 1.54) is 27.8 Å². The normalized spacial score (nSPS) is 17.7. The summed E-state index contributed by atoms with van der Waals surface area (Å²) in [5.74, 6) is 0.598. The van der Waals surface area contributed by atoms with Crippen molar-refractivity contribution in [1.29, 1.82) is 0 Å². The molecule has 0 saturated carbocycles. The van der Waals surface area contributed by atoms with Crippen molar-refractivity contribution in [1.82, 2.24) is 0 Å². The van der Waals surface area contributed by atoms with Gasteiger partial charge in [-0.25, -0.2) is 0 Å². The fraction of sp³-hybridized carbons (Fsp3) is 0.130. The molecule has 0 bridgehead atoms. The number of allylic oxidation sites excluding steroid dienone is 4. The first-order chi connectivity index (χ1) is 12.3. The molecule has 2 aliphatic carbocycles. The fourth-order valence-electron chi connectivity index (χ4n) is 3.94. The van der Waals surface area contributed by atoms with Crippen LogP contribution in [0.3, 0.4) is 0 Å². The molecule has 1 atom stereocenters. The van der Waals surface area contributed by atoms with E-state index in [9.17, 15) is 0 Å². The van der Waals surface area contributed by atoms with Crippen molar-refractivity contribution in [2.75, 3.05) is 0 Å². The van der Waals surface area contributed by atoms with Gasteiger partial charge in [0, 0.05) is 0 Å². The van der Waals surface area contributed by atoms with Crippen LogP contribution in [0.5, 0.6) is 0 Å². The third-order valence-corrected chi connectivity index (χ3v) is 10.2. The molecule has 1 aromatic heterocycles. The molecule has 0 nitrogen and oxygen atoms in total. The first kappa shape index (κ1) is 15.7. The van der Waals surface area contributed by atoms with Crippen molar-refractivity contribution in [3.63, 3.8) is 0 Å². The zero-order valence-electron chi connectivity index (χ0n) is 14.1. The second kappa shape index (κ2) is 6.34. The predicted molar refractivity (Wildman–Crippen MR) is 104 cm³/mol. The van der Waals surface area contributed by atoms with Gasteiger partial charge in [0.05, 0.1) is 0 Å². The van der Waals surface area contributed by atoms with Gasteiger partial charge in [0.1, 0.15) is 0 Å². The minimum atomic E-state index is -0.807. The molecule has 3 aromatic rings. The zero-order chi connectivity index (χ0) is 16.8. The van der Waals surface area contributed by atoms with Crippen LogP contribution < -0.4 is 3.27 Å². The summed E-state index contributed by atoms with van der Waals surface area (Å²) in [6, 6.07) is 18.2. The van der Waals surface area contributed by atoms with Gasteiger partial charge in [-0.1, -0.05) is 0 Å². The van der Waals surface area contributed by atoms with Gasteiger partial charge in [0.25, 0.3) is 0 Å². The maximum absolute atomic E-state index is 2.40. The molecule has 0 amide bonds. The van der Waals surface area contributed by atoms with E-state index >= 15 is 0 Å². The van der Waals surface area contributed by atoms with Crippen LogP contribution >= 0.6 is 11.3 Å². The van der Waals surface area contributed by atoms with Crippen molar-refractivity contribution in [2.45, 2.75) is 13.3 Å². The molecule has 0 saturated heterocycles. The van der Waals surface area contributed by atoms with Gasteiger partial charge >= 0.3 is 165 Å². The van der Waals surface area contributed by atoms with Crippen molar-refractivity contribution >= 4 is 20.2 Å². The molecule has 1 heterocycles. The summed E-state index contributed by atoms with van der Waals surface area (Å²) in [5.41, 5.74) is 8.94. The molecule has 120 valence electrons. The molecular formula is C23H18SZr. The number of hydrogen-bond donors (Lipinski definition) is 0. The Morgan fingerprint density at radius 2 is 1.88 bits per heavy atom. The Labute approximate surface area is 164 Å². The zero-order valence-corrected chi connectivity index (χ0v) is 17.4. The van der Waals surface area contributed by atoms with Gasteiger partial charge in [0.2, 0.25) is 0 Å². The fourth-order valence-corrected chi connectivity index (χ4v) is 8.36. The third kappa shape index (κ3) is 2.67. The van der Waals surface area contributed by atoms with E-state index < -0.39 is 23.2 Å². The molecule has 2 heteroatoms. The van der Waals surface area contributed by atoms with E-state index in [1.54, 1.807) is 23.5 Å². The maximum atomic E-state index is 2.40. The molecule has 5 rings (SSSR count). The number of benzene rings is 2. The van der Waals surface area contributed by atoms with Gasteiger partial charge in [-0.2, -0.15) is 0 Å². The summed E-state index contributed by atoms with van der Waals surface area (Å²) in [6.07, 6.45) is 5.87. The summed E-state index contributed by atoms with van der Waals surface area (Å²) >= 11 is 0.992. The van der Waals surface area contributed by atoms with Crippen LogP contribution in [0.25, 0.3) is 16.7 Å². The van der Waals surface area contributed by atoms with Gasteiger partial charge in [-0.05, 0) is 0 Å². The van der Waals surface area contributed by atoms with Gasteiger partial charge < -0.3 is 0 Å². The average Bonchev–Trinajstić information content (AvgIpc) is 3.35. The van der Waals surface area contributed by atoms with Crippen molar-refractivity contribution in [3.8, 4) is 11.1 Å². The number of hydrogen-bond acceptors (Lipinski definition) is 1. The van der Waals surface area contributed by atoms with Crippen LogP contribution in [-0.2, 0) is 29.7 Å². The van der Waals surface area contributed by atoms with E-state index in [-0.39, 0.29) is 0 Å². The van der Waals surface area contributed by atoms with Crippen LogP contribution in [0.1, 0.15) is 23.6 Å². The Morgan fingerprint density at radius 1 is 1.00 bits per heavy atom. The summed E-state index contributed by atoms with van der Waals surface area (Å²) in [6.45, 7) is 2.37. The molecule has 0 spiro atoms. The first-order valence-electron chi connectivity index (χ1n) is 8.73. The monoisotopic (exact) mass is 416 g/mol. The number of fused-ring (bicyclic) bond motifs is 3. The Balaban J connectivity index is 1.57. The molecule has 0 aliphatic heterocycles. The first-order valence-corrected chi connectivity index (χ1v) is 12.1. The Morgan fingerprint density at radius 3 is 2.76 bits per heavy atom. The third-order valence-electron chi connectivity index (χ3n) is 5.25. The van der Waals surface area contributed by atoms with Crippen molar-refractivity contribution < 1.29 is 23.2 Å². The summed E-state index contributed by atoms with van der Waals surface area (Å²) in [5, 5.41) is 4.49. The quantitative estimate of drug-likeness (QED) is 0.404. The second-order valence-electron chi connectivity index (χ2n) is 6.78. The topological polar surface area (TPSA) is 0 Å². The van der Waals surface area contributed by atoms with Crippen LogP contribution in [0.15, 0.2) is 74.7 Å². The Bertz CT molecular complexity index is 1010. The molecular weight excluding hydrogens is 400 g/mol. The molecule has 25 heavy (non-hydrogen) atoms. The molecule has 0 N–H and O–H groups in total. The van der Waals surface area contributed by atoms with E-state index in [0.717, 1.165) is 6.42 Å². The SMILES string of the molecule is CC1C=CC(c2ccsc2)=[C]1[Zr][c]1cccc2c1Cc1ccccc1-2. The number of rotatable bonds is 3. The molecule has 2 aromatic carbocycles. The van der Waals surface area contributed by atoms with Gasteiger partial charge in [-0.15, -0.1) is 0 Å².